The first-order valence-electron chi connectivity index (χ1n) is 6.37. The molecule has 0 radical (unpaired) electrons. The Bertz CT molecular complexity index is 935. The number of imidazole rings is 1. The van der Waals surface area contributed by atoms with Gasteiger partial charge in [-0.25, -0.2) is 9.97 Å². The van der Waals surface area contributed by atoms with E-state index in [2.05, 4.69) is 41.4 Å². The summed E-state index contributed by atoms with van der Waals surface area (Å²) in [5, 5.41) is 1.09. The summed E-state index contributed by atoms with van der Waals surface area (Å²) >= 11 is 0. The van der Waals surface area contributed by atoms with E-state index in [9.17, 15) is 0 Å². The van der Waals surface area contributed by atoms with Crippen LogP contribution in [0.2, 0.25) is 0 Å². The first-order chi connectivity index (χ1) is 9.24. The molecule has 0 saturated heterocycles. The molecule has 0 saturated carbocycles. The molecule has 3 heteroatoms. The van der Waals surface area contributed by atoms with Gasteiger partial charge in [-0.2, -0.15) is 0 Å². The van der Waals surface area contributed by atoms with Gasteiger partial charge in [0, 0.05) is 5.39 Å². The van der Waals surface area contributed by atoms with Crippen molar-refractivity contribution in [1.82, 2.24) is 14.4 Å². The van der Waals surface area contributed by atoms with Crippen molar-refractivity contribution in [3.8, 4) is 0 Å². The summed E-state index contributed by atoms with van der Waals surface area (Å²) in [5.41, 5.74) is 6.66. The molecule has 0 aliphatic carbocycles. The normalized spacial score (nSPS) is 11.7. The maximum absolute atomic E-state index is 4.77. The molecule has 0 unspecified atom stereocenters. The van der Waals surface area contributed by atoms with Crippen LogP contribution < -0.4 is 0 Å². The highest BCUT2D eigenvalue weighted by molar-refractivity contribution is 5.96. The SMILES string of the molecule is Cc1cc2nc3c4ccccc4ncn3c2cc1C. The fraction of sp³-hybridized carbons (Fsp3) is 0.125. The van der Waals surface area contributed by atoms with Gasteiger partial charge in [0.05, 0.1) is 16.6 Å². The Morgan fingerprint density at radius 1 is 0.947 bits per heavy atom. The number of aryl methyl sites for hydroxylation is 2. The zero-order valence-electron chi connectivity index (χ0n) is 10.9. The van der Waals surface area contributed by atoms with Gasteiger partial charge < -0.3 is 0 Å². The van der Waals surface area contributed by atoms with E-state index in [1.807, 2.05) is 24.5 Å². The number of aromatic nitrogens is 3. The minimum absolute atomic E-state index is 0.977. The van der Waals surface area contributed by atoms with E-state index >= 15 is 0 Å². The summed E-state index contributed by atoms with van der Waals surface area (Å²) in [4.78, 5) is 9.28. The van der Waals surface area contributed by atoms with E-state index in [-0.39, 0.29) is 0 Å². The predicted octanol–water partition coefficient (Wildman–Crippen LogP) is 3.65. The molecule has 0 amide bonds. The van der Waals surface area contributed by atoms with E-state index < -0.39 is 0 Å². The largest absolute Gasteiger partial charge is 0.282 e. The summed E-state index contributed by atoms with van der Waals surface area (Å²) in [6, 6.07) is 12.4. The van der Waals surface area contributed by atoms with Crippen LogP contribution in [0.1, 0.15) is 11.1 Å². The van der Waals surface area contributed by atoms with E-state index in [1.165, 1.54) is 11.1 Å². The van der Waals surface area contributed by atoms with Crippen LogP contribution in [0.25, 0.3) is 27.6 Å². The van der Waals surface area contributed by atoms with E-state index in [0.29, 0.717) is 0 Å². The molecule has 0 atom stereocenters. The standard InChI is InChI=1S/C16H13N3/c1-10-7-14-15(8-11(10)2)19-9-17-13-6-4-3-5-12(13)16(19)18-14/h3-9H,1-2H3. The Morgan fingerprint density at radius 2 is 1.74 bits per heavy atom. The van der Waals surface area contributed by atoms with Gasteiger partial charge in [0.25, 0.3) is 0 Å². The monoisotopic (exact) mass is 247 g/mol. The molecule has 92 valence electrons. The van der Waals surface area contributed by atoms with Crippen LogP contribution in [0.15, 0.2) is 42.7 Å². The van der Waals surface area contributed by atoms with Crippen molar-refractivity contribution in [2.24, 2.45) is 0 Å². The van der Waals surface area contributed by atoms with Crippen LogP contribution in [0.5, 0.6) is 0 Å². The van der Waals surface area contributed by atoms with Crippen LogP contribution in [0, 0.1) is 13.8 Å². The molecule has 0 spiro atoms. The molecule has 0 fully saturated rings. The highest BCUT2D eigenvalue weighted by Crippen LogP contribution is 2.24. The molecule has 2 heterocycles. The lowest BCUT2D eigenvalue weighted by Gasteiger charge is -2.01. The number of hydrogen-bond donors (Lipinski definition) is 0. The molecule has 0 aliphatic heterocycles. The number of nitrogens with zero attached hydrogens (tertiary/aromatic N) is 3. The van der Waals surface area contributed by atoms with Crippen molar-refractivity contribution in [3.05, 3.63) is 53.9 Å². The third kappa shape index (κ3) is 1.38. The van der Waals surface area contributed by atoms with Gasteiger partial charge in [0.2, 0.25) is 0 Å². The maximum Gasteiger partial charge on any atom is 0.148 e. The third-order valence-corrected chi connectivity index (χ3v) is 3.76. The number of fused-ring (bicyclic) bond motifs is 5. The fourth-order valence-electron chi connectivity index (χ4n) is 2.55. The first-order valence-corrected chi connectivity index (χ1v) is 6.37. The van der Waals surface area contributed by atoms with Gasteiger partial charge in [0.15, 0.2) is 0 Å². The fourth-order valence-corrected chi connectivity index (χ4v) is 2.55. The van der Waals surface area contributed by atoms with Crippen LogP contribution in [0.3, 0.4) is 0 Å². The molecule has 0 aliphatic rings. The lowest BCUT2D eigenvalue weighted by atomic mass is 10.1. The summed E-state index contributed by atoms with van der Waals surface area (Å²) in [6.07, 6.45) is 1.86. The summed E-state index contributed by atoms with van der Waals surface area (Å²) in [5.74, 6) is 0. The van der Waals surface area contributed by atoms with Gasteiger partial charge in [0.1, 0.15) is 12.0 Å². The van der Waals surface area contributed by atoms with Gasteiger partial charge in [-0.3, -0.25) is 4.40 Å². The van der Waals surface area contributed by atoms with E-state index in [4.69, 9.17) is 4.98 Å². The number of benzene rings is 2. The average molecular weight is 247 g/mol. The Kier molecular flexibility index (Phi) is 1.96. The first kappa shape index (κ1) is 10.5. The molecular weight excluding hydrogens is 234 g/mol. The van der Waals surface area contributed by atoms with Crippen molar-refractivity contribution in [3.63, 3.8) is 0 Å². The molecule has 2 aromatic carbocycles. The smallest absolute Gasteiger partial charge is 0.148 e. The van der Waals surface area contributed by atoms with Gasteiger partial charge in [-0.1, -0.05) is 12.1 Å². The van der Waals surface area contributed by atoms with Gasteiger partial charge in [-0.15, -0.1) is 0 Å². The summed E-state index contributed by atoms with van der Waals surface area (Å²) in [7, 11) is 0. The summed E-state index contributed by atoms with van der Waals surface area (Å²) < 4.78 is 2.07. The minimum atomic E-state index is 0.977. The molecule has 4 aromatic rings. The highest BCUT2D eigenvalue weighted by atomic mass is 15.0. The zero-order chi connectivity index (χ0) is 13.0. The topological polar surface area (TPSA) is 30.2 Å². The Labute approximate surface area is 110 Å². The van der Waals surface area contributed by atoms with Crippen molar-refractivity contribution < 1.29 is 0 Å². The highest BCUT2D eigenvalue weighted by Gasteiger charge is 2.09. The van der Waals surface area contributed by atoms with Gasteiger partial charge in [-0.05, 0) is 49.2 Å². The molecule has 3 nitrogen and oxygen atoms in total. The van der Waals surface area contributed by atoms with E-state index in [0.717, 1.165) is 27.6 Å². The average Bonchev–Trinajstić information content (AvgIpc) is 2.77. The molecule has 4 rings (SSSR count). The van der Waals surface area contributed by atoms with Crippen molar-refractivity contribution in [1.29, 1.82) is 0 Å². The second-order valence-electron chi connectivity index (χ2n) is 4.99. The molecule has 0 N–H and O–H groups in total. The lowest BCUT2D eigenvalue weighted by Crippen LogP contribution is -1.89. The minimum Gasteiger partial charge on any atom is -0.282 e. The van der Waals surface area contributed by atoms with Gasteiger partial charge >= 0.3 is 0 Å². The number of para-hydroxylation sites is 1. The van der Waals surface area contributed by atoms with Crippen LogP contribution in [-0.4, -0.2) is 14.4 Å². The summed E-state index contributed by atoms with van der Waals surface area (Å²) in [6.45, 7) is 4.25. The Balaban J connectivity index is 2.27. The van der Waals surface area contributed by atoms with Crippen molar-refractivity contribution >= 4 is 27.6 Å². The number of rotatable bonds is 0. The van der Waals surface area contributed by atoms with Crippen molar-refractivity contribution in [2.75, 3.05) is 0 Å². The van der Waals surface area contributed by atoms with E-state index in [1.54, 1.807) is 0 Å². The second kappa shape index (κ2) is 3.54. The lowest BCUT2D eigenvalue weighted by molar-refractivity contribution is 1.15. The third-order valence-electron chi connectivity index (χ3n) is 3.76. The Hall–Kier alpha value is -2.42. The number of hydrogen-bond acceptors (Lipinski definition) is 2. The van der Waals surface area contributed by atoms with Crippen LogP contribution >= 0.6 is 0 Å². The van der Waals surface area contributed by atoms with Crippen LogP contribution in [-0.2, 0) is 0 Å². The molecular formula is C16H13N3. The maximum atomic E-state index is 4.77. The van der Waals surface area contributed by atoms with Crippen molar-refractivity contribution in [2.45, 2.75) is 13.8 Å². The molecule has 2 aromatic heterocycles. The second-order valence-corrected chi connectivity index (χ2v) is 4.99. The van der Waals surface area contributed by atoms with Crippen LogP contribution in [0.4, 0.5) is 0 Å². The Morgan fingerprint density at radius 3 is 2.63 bits per heavy atom. The molecule has 19 heavy (non-hydrogen) atoms. The quantitative estimate of drug-likeness (QED) is 0.475. The zero-order valence-corrected chi connectivity index (χ0v) is 10.9. The molecule has 0 bridgehead atoms. The predicted molar refractivity (Wildman–Crippen MR) is 77.5 cm³/mol.